The Hall–Kier alpha value is -2.12. The normalized spacial score (nSPS) is 13.4. The quantitative estimate of drug-likeness (QED) is 0.873. The van der Waals surface area contributed by atoms with Crippen molar-refractivity contribution in [3.8, 4) is 11.4 Å². The highest BCUT2D eigenvalue weighted by Crippen LogP contribution is 2.20. The topological polar surface area (TPSA) is 91.5 Å². The van der Waals surface area contributed by atoms with Gasteiger partial charge in [-0.2, -0.15) is 4.98 Å². The molecule has 2 N–H and O–H groups in total. The number of hydrogen-bond donors (Lipinski definition) is 2. The molecule has 7 nitrogen and oxygen atoms in total. The van der Waals surface area contributed by atoms with Crippen molar-refractivity contribution in [2.45, 2.75) is 25.9 Å². The molecule has 2 amide bonds. The lowest BCUT2D eigenvalue weighted by atomic mass is 10.2. The van der Waals surface area contributed by atoms with E-state index in [-0.39, 0.29) is 18.7 Å². The molecule has 0 aliphatic rings. The molecule has 0 spiro atoms. The van der Waals surface area contributed by atoms with Gasteiger partial charge in [-0.05, 0) is 38.1 Å². The van der Waals surface area contributed by atoms with Crippen molar-refractivity contribution < 1.29 is 14.4 Å². The number of urea groups is 1. The van der Waals surface area contributed by atoms with Crippen LogP contribution in [0.1, 0.15) is 25.8 Å². The number of nitrogens with zero attached hydrogens (tertiary/aromatic N) is 3. The van der Waals surface area contributed by atoms with Gasteiger partial charge in [0, 0.05) is 17.6 Å². The van der Waals surface area contributed by atoms with Crippen LogP contribution in [0.2, 0.25) is 5.02 Å². The first-order valence-corrected chi connectivity index (χ1v) is 7.54. The van der Waals surface area contributed by atoms with Crippen LogP contribution in [0.25, 0.3) is 11.4 Å². The fraction of sp³-hybridized carbons (Fsp3) is 0.400. The monoisotopic (exact) mass is 338 g/mol. The van der Waals surface area contributed by atoms with E-state index in [4.69, 9.17) is 21.2 Å². The van der Waals surface area contributed by atoms with E-state index in [9.17, 15) is 4.79 Å². The van der Waals surface area contributed by atoms with E-state index >= 15 is 0 Å². The molecule has 1 heterocycles. The molecule has 23 heavy (non-hydrogen) atoms. The van der Waals surface area contributed by atoms with Crippen LogP contribution in [0.5, 0.6) is 0 Å². The third-order valence-corrected chi connectivity index (χ3v) is 3.75. The second-order valence-electron chi connectivity index (χ2n) is 5.28. The first-order valence-electron chi connectivity index (χ1n) is 7.16. The summed E-state index contributed by atoms with van der Waals surface area (Å²) >= 11 is 5.84. The Morgan fingerprint density at radius 2 is 2.04 bits per heavy atom. The second kappa shape index (κ2) is 7.43. The average Bonchev–Trinajstić information content (AvgIpc) is 3.04. The van der Waals surface area contributed by atoms with E-state index in [1.807, 2.05) is 0 Å². The van der Waals surface area contributed by atoms with Gasteiger partial charge in [0.15, 0.2) is 0 Å². The van der Waals surface area contributed by atoms with Gasteiger partial charge in [0.05, 0.1) is 12.6 Å². The van der Waals surface area contributed by atoms with Crippen LogP contribution in [0.15, 0.2) is 28.8 Å². The summed E-state index contributed by atoms with van der Waals surface area (Å²) in [6.45, 7) is 3.38. The second-order valence-corrected chi connectivity index (χ2v) is 5.71. The van der Waals surface area contributed by atoms with E-state index in [0.29, 0.717) is 16.7 Å². The molecule has 0 aliphatic carbocycles. The molecule has 2 unspecified atom stereocenters. The number of carbonyl (C=O) groups excluding carboxylic acids is 1. The lowest BCUT2D eigenvalue weighted by Crippen LogP contribution is -2.44. The maximum absolute atomic E-state index is 12.0. The van der Waals surface area contributed by atoms with Crippen LogP contribution in [0.3, 0.4) is 0 Å². The minimum absolute atomic E-state index is 0.112. The predicted molar refractivity (Wildman–Crippen MR) is 86.0 cm³/mol. The smallest absolute Gasteiger partial charge is 0.318 e. The number of hydrogen-bond acceptors (Lipinski definition) is 5. The van der Waals surface area contributed by atoms with Crippen molar-refractivity contribution in [2.75, 3.05) is 13.7 Å². The van der Waals surface area contributed by atoms with Crippen molar-refractivity contribution >= 4 is 17.6 Å². The van der Waals surface area contributed by atoms with Gasteiger partial charge in [-0.1, -0.05) is 16.8 Å². The Morgan fingerprint density at radius 1 is 1.39 bits per heavy atom. The molecule has 1 aromatic heterocycles. The largest absolute Gasteiger partial charge is 0.394 e. The number of aliphatic hydroxyl groups excluding tert-OH is 1. The lowest BCUT2D eigenvalue weighted by Gasteiger charge is -2.24. The zero-order chi connectivity index (χ0) is 17.0. The van der Waals surface area contributed by atoms with Crippen LogP contribution in [-0.4, -0.2) is 45.9 Å². The Balaban J connectivity index is 2.05. The summed E-state index contributed by atoms with van der Waals surface area (Å²) in [4.78, 5) is 17.7. The van der Waals surface area contributed by atoms with Crippen molar-refractivity contribution in [2.24, 2.45) is 0 Å². The minimum atomic E-state index is -0.454. The van der Waals surface area contributed by atoms with Crippen molar-refractivity contribution in [1.82, 2.24) is 20.4 Å². The highest BCUT2D eigenvalue weighted by Gasteiger charge is 2.21. The molecule has 0 fully saturated rings. The number of benzene rings is 1. The number of amides is 2. The molecule has 2 rings (SSSR count). The SMILES string of the molecule is CC(NC(=O)N(C)C(C)CO)c1nc(-c2ccc(Cl)cc2)no1. The Bertz CT molecular complexity index is 659. The lowest BCUT2D eigenvalue weighted by molar-refractivity contribution is 0.154. The Kier molecular flexibility index (Phi) is 5.57. The van der Waals surface area contributed by atoms with Gasteiger partial charge in [0.25, 0.3) is 0 Å². The van der Waals surface area contributed by atoms with E-state index in [2.05, 4.69) is 15.5 Å². The molecule has 0 aliphatic heterocycles. The molecular formula is C15H19ClN4O3. The third-order valence-electron chi connectivity index (χ3n) is 3.50. The number of carbonyl (C=O) groups is 1. The molecular weight excluding hydrogens is 320 g/mol. The fourth-order valence-corrected chi connectivity index (χ4v) is 1.92. The van der Waals surface area contributed by atoms with Crippen LogP contribution in [0, 0.1) is 0 Å². The summed E-state index contributed by atoms with van der Waals surface area (Å²) < 4.78 is 5.20. The molecule has 124 valence electrons. The minimum Gasteiger partial charge on any atom is -0.394 e. The van der Waals surface area contributed by atoms with Gasteiger partial charge in [-0.15, -0.1) is 0 Å². The molecule has 0 bridgehead atoms. The standard InChI is InChI=1S/C15H19ClN4O3/c1-9(8-21)20(3)15(22)17-10(2)14-18-13(19-23-14)11-4-6-12(16)7-5-11/h4-7,9-10,21H,8H2,1-3H3,(H,17,22). The van der Waals surface area contributed by atoms with Gasteiger partial charge in [0.2, 0.25) is 11.7 Å². The molecule has 1 aromatic carbocycles. The van der Waals surface area contributed by atoms with Crippen LogP contribution >= 0.6 is 11.6 Å². The summed E-state index contributed by atoms with van der Waals surface area (Å²) in [5.74, 6) is 0.725. The summed E-state index contributed by atoms with van der Waals surface area (Å²) in [7, 11) is 1.61. The number of aromatic nitrogens is 2. The summed E-state index contributed by atoms with van der Waals surface area (Å²) in [5.41, 5.74) is 0.772. The summed E-state index contributed by atoms with van der Waals surface area (Å²) in [6.07, 6.45) is 0. The van der Waals surface area contributed by atoms with Gasteiger partial charge < -0.3 is 19.8 Å². The third kappa shape index (κ3) is 4.20. The predicted octanol–water partition coefficient (Wildman–Crippen LogP) is 2.47. The Morgan fingerprint density at radius 3 is 2.65 bits per heavy atom. The maximum Gasteiger partial charge on any atom is 0.318 e. The molecule has 2 aromatic rings. The van der Waals surface area contributed by atoms with Gasteiger partial charge in [-0.3, -0.25) is 0 Å². The van der Waals surface area contributed by atoms with E-state index in [1.54, 1.807) is 45.2 Å². The van der Waals surface area contributed by atoms with E-state index in [0.717, 1.165) is 5.56 Å². The fourth-order valence-electron chi connectivity index (χ4n) is 1.80. The van der Waals surface area contributed by atoms with Crippen molar-refractivity contribution in [3.63, 3.8) is 0 Å². The van der Waals surface area contributed by atoms with E-state index in [1.165, 1.54) is 4.90 Å². The Labute approximate surface area is 139 Å². The molecule has 0 radical (unpaired) electrons. The number of aliphatic hydroxyl groups is 1. The summed E-state index contributed by atoms with van der Waals surface area (Å²) in [6, 6.07) is 5.99. The van der Waals surface area contributed by atoms with Crippen LogP contribution in [-0.2, 0) is 0 Å². The summed E-state index contributed by atoms with van der Waals surface area (Å²) in [5, 5.41) is 16.4. The number of halogens is 1. The number of rotatable bonds is 5. The average molecular weight is 339 g/mol. The highest BCUT2D eigenvalue weighted by molar-refractivity contribution is 6.30. The highest BCUT2D eigenvalue weighted by atomic mass is 35.5. The first kappa shape index (κ1) is 17.2. The first-order chi connectivity index (χ1) is 10.9. The van der Waals surface area contributed by atoms with Crippen molar-refractivity contribution in [1.29, 1.82) is 0 Å². The number of likely N-dealkylation sites (N-methyl/N-ethyl adjacent to an activating group) is 1. The van der Waals surface area contributed by atoms with Crippen molar-refractivity contribution in [3.05, 3.63) is 35.2 Å². The zero-order valence-electron chi connectivity index (χ0n) is 13.2. The van der Waals surface area contributed by atoms with Crippen LogP contribution in [0.4, 0.5) is 4.79 Å². The molecule has 2 atom stereocenters. The zero-order valence-corrected chi connectivity index (χ0v) is 13.9. The molecule has 0 saturated carbocycles. The van der Waals surface area contributed by atoms with E-state index < -0.39 is 6.04 Å². The van der Waals surface area contributed by atoms with Gasteiger partial charge in [0.1, 0.15) is 6.04 Å². The number of nitrogens with one attached hydrogen (secondary N) is 1. The van der Waals surface area contributed by atoms with Gasteiger partial charge in [-0.25, -0.2) is 4.79 Å². The van der Waals surface area contributed by atoms with Gasteiger partial charge >= 0.3 is 6.03 Å². The molecule has 8 heteroatoms. The molecule has 0 saturated heterocycles. The van der Waals surface area contributed by atoms with Crippen LogP contribution < -0.4 is 5.32 Å². The maximum atomic E-state index is 12.0.